The summed E-state index contributed by atoms with van der Waals surface area (Å²) in [5.41, 5.74) is -0.184. The van der Waals surface area contributed by atoms with E-state index in [0.717, 1.165) is 19.8 Å². The van der Waals surface area contributed by atoms with E-state index in [-0.39, 0.29) is 6.61 Å². The van der Waals surface area contributed by atoms with E-state index in [0.29, 0.717) is 0 Å². The number of carbonyl (C=O) groups excluding carboxylic acids is 1. The molecule has 0 aromatic heterocycles. The molecule has 1 rings (SSSR count). The second-order valence-electron chi connectivity index (χ2n) is 2.90. The molecular weight excluding hydrogens is 231 g/mol. The summed E-state index contributed by atoms with van der Waals surface area (Å²) in [6, 6.07) is 9.06. The van der Waals surface area contributed by atoms with Crippen LogP contribution in [0.2, 0.25) is 0 Å². The highest BCUT2D eigenvalue weighted by atomic mass is 31.2. The van der Waals surface area contributed by atoms with E-state index in [4.69, 9.17) is 4.74 Å². The van der Waals surface area contributed by atoms with Gasteiger partial charge >= 0.3 is 13.3 Å². The lowest BCUT2D eigenvalue weighted by Gasteiger charge is -2.12. The van der Waals surface area contributed by atoms with Crippen LogP contribution in [0.25, 0.3) is 0 Å². The van der Waals surface area contributed by atoms with E-state index < -0.39 is 13.3 Å². The Kier molecular flexibility index (Phi) is 4.68. The summed E-state index contributed by atoms with van der Waals surface area (Å²) in [7, 11) is -1.50. The van der Waals surface area contributed by atoms with Crippen LogP contribution in [0, 0.1) is 0 Å². The third-order valence-corrected chi connectivity index (χ3v) is 3.45. The molecule has 88 valence electrons. The number of hydrogen-bond acceptors (Lipinski definition) is 5. The molecule has 1 aromatic rings. The Morgan fingerprint density at radius 3 is 2.25 bits per heavy atom. The number of ether oxygens (including phenoxy) is 1. The van der Waals surface area contributed by atoms with Gasteiger partial charge < -0.3 is 13.8 Å². The Balaban J connectivity index is 2.57. The Morgan fingerprint density at radius 1 is 1.19 bits per heavy atom. The third-order valence-electron chi connectivity index (χ3n) is 1.91. The lowest BCUT2D eigenvalue weighted by atomic mass is 10.2. The SMILES string of the molecule is COP(=O)(OC)C(=O)OCc1ccccc1. The van der Waals surface area contributed by atoms with Gasteiger partial charge in [0.25, 0.3) is 0 Å². The summed E-state index contributed by atoms with van der Waals surface area (Å²) < 4.78 is 25.4. The molecule has 0 radical (unpaired) electrons. The van der Waals surface area contributed by atoms with Crippen LogP contribution in [0.1, 0.15) is 5.56 Å². The van der Waals surface area contributed by atoms with Gasteiger partial charge in [-0.1, -0.05) is 30.3 Å². The van der Waals surface area contributed by atoms with E-state index >= 15 is 0 Å². The molecule has 0 aliphatic carbocycles. The molecular formula is C10H13O5P. The van der Waals surface area contributed by atoms with Gasteiger partial charge in [-0.2, -0.15) is 0 Å². The van der Waals surface area contributed by atoms with Gasteiger partial charge in [0.15, 0.2) is 0 Å². The molecule has 0 saturated carbocycles. The quantitative estimate of drug-likeness (QED) is 0.745. The van der Waals surface area contributed by atoms with E-state index in [1.54, 1.807) is 12.1 Å². The van der Waals surface area contributed by atoms with Crippen LogP contribution >= 0.6 is 7.60 Å². The molecule has 0 aliphatic rings. The second-order valence-corrected chi connectivity index (χ2v) is 4.99. The molecule has 0 amide bonds. The maximum atomic E-state index is 11.6. The van der Waals surface area contributed by atoms with E-state index in [9.17, 15) is 9.36 Å². The van der Waals surface area contributed by atoms with Gasteiger partial charge in [-0.15, -0.1) is 0 Å². The van der Waals surface area contributed by atoms with Gasteiger partial charge in [-0.25, -0.2) is 9.36 Å². The first-order chi connectivity index (χ1) is 7.62. The first kappa shape index (κ1) is 12.9. The van der Waals surface area contributed by atoms with Crippen LogP contribution in [-0.2, 0) is 25.0 Å². The van der Waals surface area contributed by atoms with Crippen molar-refractivity contribution >= 4 is 13.3 Å². The normalized spacial score (nSPS) is 11.1. The lowest BCUT2D eigenvalue weighted by Crippen LogP contribution is -2.06. The molecule has 5 nitrogen and oxygen atoms in total. The summed E-state index contributed by atoms with van der Waals surface area (Å²) in [4.78, 5) is 11.4. The van der Waals surface area contributed by atoms with Crippen molar-refractivity contribution in [1.29, 1.82) is 0 Å². The van der Waals surface area contributed by atoms with Crippen molar-refractivity contribution in [3.63, 3.8) is 0 Å². The maximum absolute atomic E-state index is 11.6. The second kappa shape index (κ2) is 5.80. The molecule has 0 N–H and O–H groups in total. The highest BCUT2D eigenvalue weighted by Gasteiger charge is 2.34. The summed E-state index contributed by atoms with van der Waals surface area (Å²) in [5, 5.41) is 0. The topological polar surface area (TPSA) is 61.8 Å². The van der Waals surface area contributed by atoms with Crippen LogP contribution in [0.3, 0.4) is 0 Å². The van der Waals surface area contributed by atoms with Crippen molar-refractivity contribution < 1.29 is 23.1 Å². The first-order valence-corrected chi connectivity index (χ1v) is 6.09. The highest BCUT2D eigenvalue weighted by Crippen LogP contribution is 2.48. The zero-order chi connectivity index (χ0) is 12.0. The largest absolute Gasteiger partial charge is 0.452 e. The number of hydrogen-bond donors (Lipinski definition) is 0. The predicted octanol–water partition coefficient (Wildman–Crippen LogP) is 2.81. The fourth-order valence-corrected chi connectivity index (χ4v) is 1.69. The summed E-state index contributed by atoms with van der Waals surface area (Å²) in [6.45, 7) is 0.0381. The third kappa shape index (κ3) is 3.17. The summed E-state index contributed by atoms with van der Waals surface area (Å²) in [5.74, 6) is 0. The molecule has 0 heterocycles. The smallest absolute Gasteiger partial charge is 0.437 e. The minimum Gasteiger partial charge on any atom is -0.452 e. The summed E-state index contributed by atoms with van der Waals surface area (Å²) >= 11 is 0. The Labute approximate surface area is 93.9 Å². The molecule has 0 aliphatic heterocycles. The zero-order valence-corrected chi connectivity index (χ0v) is 9.98. The molecule has 0 bridgehead atoms. The van der Waals surface area contributed by atoms with Gasteiger partial charge in [0, 0.05) is 14.2 Å². The van der Waals surface area contributed by atoms with Crippen LogP contribution in [0.4, 0.5) is 4.79 Å². The fourth-order valence-electron chi connectivity index (χ4n) is 1.02. The molecule has 0 unspecified atom stereocenters. The first-order valence-electron chi connectivity index (χ1n) is 4.55. The Hall–Kier alpha value is -1.16. The van der Waals surface area contributed by atoms with Gasteiger partial charge in [0.2, 0.25) is 0 Å². The van der Waals surface area contributed by atoms with Crippen molar-refractivity contribution in [3.05, 3.63) is 35.9 Å². The maximum Gasteiger partial charge on any atom is 0.437 e. The molecule has 0 fully saturated rings. The van der Waals surface area contributed by atoms with Crippen molar-refractivity contribution in [2.24, 2.45) is 0 Å². The van der Waals surface area contributed by atoms with E-state index in [1.165, 1.54) is 0 Å². The van der Waals surface area contributed by atoms with Gasteiger partial charge in [0.05, 0.1) is 0 Å². The van der Waals surface area contributed by atoms with Crippen molar-refractivity contribution in [3.8, 4) is 0 Å². The van der Waals surface area contributed by atoms with Gasteiger partial charge in [-0.3, -0.25) is 0 Å². The Morgan fingerprint density at radius 2 is 1.75 bits per heavy atom. The highest BCUT2D eigenvalue weighted by molar-refractivity contribution is 7.71. The van der Waals surface area contributed by atoms with Crippen LogP contribution in [0.15, 0.2) is 30.3 Å². The number of carbonyl (C=O) groups is 1. The molecule has 0 saturated heterocycles. The average Bonchev–Trinajstić information content (AvgIpc) is 2.36. The number of benzene rings is 1. The molecule has 16 heavy (non-hydrogen) atoms. The molecule has 0 atom stereocenters. The Bertz CT molecular complexity index is 381. The molecule has 1 aromatic carbocycles. The fraction of sp³-hybridized carbons (Fsp3) is 0.300. The zero-order valence-electron chi connectivity index (χ0n) is 9.08. The lowest BCUT2D eigenvalue weighted by molar-refractivity contribution is 0.151. The standard InChI is InChI=1S/C10H13O5P/c1-13-16(12,14-2)10(11)15-8-9-6-4-3-5-7-9/h3-7H,8H2,1-2H3. The predicted molar refractivity (Wildman–Crippen MR) is 58.3 cm³/mol. The van der Waals surface area contributed by atoms with Crippen molar-refractivity contribution in [2.75, 3.05) is 14.2 Å². The minimum absolute atomic E-state index is 0.0381. The van der Waals surface area contributed by atoms with Crippen LogP contribution in [0.5, 0.6) is 0 Å². The van der Waals surface area contributed by atoms with Gasteiger partial charge in [0.1, 0.15) is 6.61 Å². The molecule has 6 heteroatoms. The van der Waals surface area contributed by atoms with Crippen LogP contribution in [-0.4, -0.2) is 19.9 Å². The average molecular weight is 244 g/mol. The van der Waals surface area contributed by atoms with E-state index in [2.05, 4.69) is 9.05 Å². The van der Waals surface area contributed by atoms with Crippen molar-refractivity contribution in [1.82, 2.24) is 0 Å². The minimum atomic E-state index is -3.77. The molecule has 0 spiro atoms. The van der Waals surface area contributed by atoms with Crippen LogP contribution < -0.4 is 0 Å². The number of rotatable bonds is 5. The van der Waals surface area contributed by atoms with E-state index in [1.807, 2.05) is 18.2 Å². The summed E-state index contributed by atoms with van der Waals surface area (Å²) in [6.07, 6.45) is 0. The monoisotopic (exact) mass is 244 g/mol. The van der Waals surface area contributed by atoms with Gasteiger partial charge in [-0.05, 0) is 5.56 Å². The van der Waals surface area contributed by atoms with Crippen molar-refractivity contribution in [2.45, 2.75) is 6.61 Å².